The van der Waals surface area contributed by atoms with Gasteiger partial charge in [0.05, 0.1) is 17.7 Å². The van der Waals surface area contributed by atoms with Crippen molar-refractivity contribution >= 4 is 27.5 Å². The summed E-state index contributed by atoms with van der Waals surface area (Å²) in [6.07, 6.45) is 2.64. The van der Waals surface area contributed by atoms with Crippen LogP contribution in [-0.2, 0) is 0 Å². The normalized spacial score (nSPS) is 17.6. The Bertz CT molecular complexity index is 408. The van der Waals surface area contributed by atoms with Gasteiger partial charge in [-0.25, -0.2) is 0 Å². The van der Waals surface area contributed by atoms with Crippen LogP contribution >= 0.6 is 27.5 Å². The second-order valence-electron chi connectivity index (χ2n) is 4.83. The molecule has 0 spiro atoms. The Kier molecular flexibility index (Phi) is 5.95. The van der Waals surface area contributed by atoms with E-state index in [9.17, 15) is 5.11 Å². The summed E-state index contributed by atoms with van der Waals surface area (Å²) >= 11 is 9.51. The molecule has 106 valence electrons. The van der Waals surface area contributed by atoms with Crippen molar-refractivity contribution in [2.75, 3.05) is 26.2 Å². The second-order valence-corrected chi connectivity index (χ2v) is 6.06. The van der Waals surface area contributed by atoms with E-state index in [-0.39, 0.29) is 6.10 Å². The molecule has 1 saturated heterocycles. The van der Waals surface area contributed by atoms with E-state index in [0.717, 1.165) is 49.1 Å². The molecule has 3 nitrogen and oxygen atoms in total. The minimum atomic E-state index is -0.104. The minimum Gasteiger partial charge on any atom is -0.492 e. The topological polar surface area (TPSA) is 32.7 Å². The summed E-state index contributed by atoms with van der Waals surface area (Å²) in [7, 11) is 0. The van der Waals surface area contributed by atoms with Gasteiger partial charge in [-0.1, -0.05) is 17.7 Å². The smallest absolute Gasteiger partial charge is 0.139 e. The van der Waals surface area contributed by atoms with Crippen LogP contribution in [0, 0.1) is 0 Å². The Morgan fingerprint density at radius 1 is 1.37 bits per heavy atom. The van der Waals surface area contributed by atoms with E-state index in [2.05, 4.69) is 20.8 Å². The second kappa shape index (κ2) is 7.48. The van der Waals surface area contributed by atoms with Crippen LogP contribution in [0.1, 0.15) is 19.3 Å². The molecule has 1 fully saturated rings. The van der Waals surface area contributed by atoms with Crippen LogP contribution in [0.5, 0.6) is 5.75 Å². The lowest BCUT2D eigenvalue weighted by molar-refractivity contribution is 0.0800. The first-order chi connectivity index (χ1) is 9.16. The van der Waals surface area contributed by atoms with Crippen LogP contribution in [0.2, 0.25) is 5.02 Å². The average molecular weight is 349 g/mol. The monoisotopic (exact) mass is 347 g/mol. The number of ether oxygens (including phenoxy) is 1. The van der Waals surface area contributed by atoms with E-state index in [1.165, 1.54) is 0 Å². The molecular formula is C14H19BrClNO2. The number of halogens is 2. The Balaban J connectivity index is 1.68. The molecule has 0 aliphatic carbocycles. The summed E-state index contributed by atoms with van der Waals surface area (Å²) in [6.45, 7) is 3.64. The van der Waals surface area contributed by atoms with Crippen molar-refractivity contribution in [3.8, 4) is 5.75 Å². The van der Waals surface area contributed by atoms with Crippen LogP contribution in [0.4, 0.5) is 0 Å². The van der Waals surface area contributed by atoms with Gasteiger partial charge >= 0.3 is 0 Å². The molecule has 1 aromatic carbocycles. The number of hydrogen-bond acceptors (Lipinski definition) is 3. The van der Waals surface area contributed by atoms with E-state index >= 15 is 0 Å². The fraction of sp³-hybridized carbons (Fsp3) is 0.571. The van der Waals surface area contributed by atoms with Gasteiger partial charge < -0.3 is 14.7 Å². The number of rotatable bonds is 5. The van der Waals surface area contributed by atoms with Gasteiger partial charge in [-0.15, -0.1) is 0 Å². The molecule has 1 heterocycles. The van der Waals surface area contributed by atoms with E-state index in [1.54, 1.807) is 0 Å². The molecule has 1 N–H and O–H groups in total. The van der Waals surface area contributed by atoms with Crippen LogP contribution in [0.15, 0.2) is 22.7 Å². The standard InChI is InChI=1S/C14H19BrClNO2/c15-12-3-1-4-13(14(12)16)19-10-2-7-17-8-5-11(18)6-9-17/h1,3-4,11,18H,2,5-10H2. The number of aliphatic hydroxyl groups excluding tert-OH is 1. The Labute approximate surface area is 127 Å². The molecule has 19 heavy (non-hydrogen) atoms. The van der Waals surface area contributed by atoms with Gasteiger partial charge in [0.2, 0.25) is 0 Å². The Morgan fingerprint density at radius 3 is 2.84 bits per heavy atom. The fourth-order valence-electron chi connectivity index (χ4n) is 2.21. The van der Waals surface area contributed by atoms with E-state index < -0.39 is 0 Å². The molecule has 0 bridgehead atoms. The predicted molar refractivity (Wildman–Crippen MR) is 80.9 cm³/mol. The van der Waals surface area contributed by atoms with Crippen LogP contribution in [0.3, 0.4) is 0 Å². The molecule has 1 aliphatic heterocycles. The number of benzene rings is 1. The largest absolute Gasteiger partial charge is 0.492 e. The third kappa shape index (κ3) is 4.63. The molecule has 2 rings (SSSR count). The van der Waals surface area contributed by atoms with Gasteiger partial charge in [0.15, 0.2) is 0 Å². The maximum absolute atomic E-state index is 9.43. The predicted octanol–water partition coefficient (Wildman–Crippen LogP) is 3.33. The summed E-state index contributed by atoms with van der Waals surface area (Å²) < 4.78 is 6.55. The molecule has 1 aliphatic rings. The highest BCUT2D eigenvalue weighted by molar-refractivity contribution is 9.10. The van der Waals surface area contributed by atoms with Gasteiger partial charge in [-0.3, -0.25) is 0 Å². The van der Waals surface area contributed by atoms with Crippen molar-refractivity contribution in [1.29, 1.82) is 0 Å². The number of hydrogen-bond donors (Lipinski definition) is 1. The number of likely N-dealkylation sites (tertiary alicyclic amines) is 1. The number of aliphatic hydroxyl groups is 1. The van der Waals surface area contributed by atoms with Crippen molar-refractivity contribution in [1.82, 2.24) is 4.90 Å². The fourth-order valence-corrected chi connectivity index (χ4v) is 2.74. The highest BCUT2D eigenvalue weighted by Crippen LogP contribution is 2.31. The number of nitrogens with zero attached hydrogens (tertiary/aromatic N) is 1. The van der Waals surface area contributed by atoms with Gasteiger partial charge in [0.1, 0.15) is 5.75 Å². The maximum atomic E-state index is 9.43. The van der Waals surface area contributed by atoms with Gasteiger partial charge in [-0.2, -0.15) is 0 Å². The SMILES string of the molecule is OC1CCN(CCCOc2cccc(Br)c2Cl)CC1. The van der Waals surface area contributed by atoms with Crippen LogP contribution in [0.25, 0.3) is 0 Å². The summed E-state index contributed by atoms with van der Waals surface area (Å²) in [6, 6.07) is 5.69. The van der Waals surface area contributed by atoms with Crippen molar-refractivity contribution < 1.29 is 9.84 Å². The zero-order chi connectivity index (χ0) is 13.7. The third-order valence-electron chi connectivity index (χ3n) is 3.35. The molecule has 1 aromatic rings. The third-order valence-corrected chi connectivity index (χ3v) is 4.63. The first-order valence-corrected chi connectivity index (χ1v) is 7.81. The summed E-state index contributed by atoms with van der Waals surface area (Å²) in [4.78, 5) is 2.37. The highest BCUT2D eigenvalue weighted by atomic mass is 79.9. The molecule has 0 atom stereocenters. The lowest BCUT2D eigenvalue weighted by atomic mass is 10.1. The number of piperidine rings is 1. The van der Waals surface area contributed by atoms with Crippen molar-refractivity contribution in [3.05, 3.63) is 27.7 Å². The molecule has 0 radical (unpaired) electrons. The first kappa shape index (κ1) is 15.1. The van der Waals surface area contributed by atoms with Gasteiger partial charge in [-0.05, 0) is 47.3 Å². The zero-order valence-electron chi connectivity index (χ0n) is 10.8. The molecule has 0 aromatic heterocycles. The summed E-state index contributed by atoms with van der Waals surface area (Å²) in [5.41, 5.74) is 0. The van der Waals surface area contributed by atoms with Crippen LogP contribution in [-0.4, -0.2) is 42.4 Å². The summed E-state index contributed by atoms with van der Waals surface area (Å²) in [5.74, 6) is 0.727. The molecule has 0 amide bonds. The first-order valence-electron chi connectivity index (χ1n) is 6.64. The minimum absolute atomic E-state index is 0.104. The van der Waals surface area contributed by atoms with E-state index in [0.29, 0.717) is 11.6 Å². The van der Waals surface area contributed by atoms with Gasteiger partial charge in [0.25, 0.3) is 0 Å². The Morgan fingerprint density at radius 2 is 2.11 bits per heavy atom. The quantitative estimate of drug-likeness (QED) is 0.829. The van der Waals surface area contributed by atoms with Crippen molar-refractivity contribution in [2.45, 2.75) is 25.4 Å². The summed E-state index contributed by atoms with van der Waals surface area (Å²) in [5, 5.41) is 10.1. The van der Waals surface area contributed by atoms with E-state index in [1.807, 2.05) is 18.2 Å². The Hall–Kier alpha value is -0.290. The van der Waals surface area contributed by atoms with Crippen molar-refractivity contribution in [3.63, 3.8) is 0 Å². The lowest BCUT2D eigenvalue weighted by Gasteiger charge is -2.29. The maximum Gasteiger partial charge on any atom is 0.139 e. The highest BCUT2D eigenvalue weighted by Gasteiger charge is 2.16. The zero-order valence-corrected chi connectivity index (χ0v) is 13.2. The average Bonchev–Trinajstić information content (AvgIpc) is 2.41. The van der Waals surface area contributed by atoms with Crippen molar-refractivity contribution in [2.24, 2.45) is 0 Å². The molecule has 5 heteroatoms. The van der Waals surface area contributed by atoms with E-state index in [4.69, 9.17) is 16.3 Å². The molecular weight excluding hydrogens is 330 g/mol. The van der Waals surface area contributed by atoms with Crippen LogP contribution < -0.4 is 4.74 Å². The van der Waals surface area contributed by atoms with Gasteiger partial charge in [0, 0.05) is 24.1 Å². The lowest BCUT2D eigenvalue weighted by Crippen LogP contribution is -2.36. The molecule has 0 unspecified atom stereocenters. The molecule has 0 saturated carbocycles.